The van der Waals surface area contributed by atoms with Gasteiger partial charge in [-0.3, -0.25) is 9.69 Å². The number of piperazine rings is 1. The first-order valence-corrected chi connectivity index (χ1v) is 10.1. The number of carbonyl (C=O) groups excluding carboxylic acids is 2. The molecule has 9 heteroatoms. The van der Waals surface area contributed by atoms with Crippen LogP contribution in [0.5, 0.6) is 0 Å². The summed E-state index contributed by atoms with van der Waals surface area (Å²) < 4.78 is 32.2. The van der Waals surface area contributed by atoms with Gasteiger partial charge in [0.15, 0.2) is 0 Å². The zero-order valence-corrected chi connectivity index (χ0v) is 18.7. The Labute approximate surface area is 177 Å². The molecule has 30 heavy (non-hydrogen) atoms. The fraction of sp³-hybridized carbons (Fsp3) is 0.619. The van der Waals surface area contributed by atoms with Crippen LogP contribution < -0.4 is 10.4 Å². The van der Waals surface area contributed by atoms with Gasteiger partial charge in [0, 0.05) is 13.1 Å². The number of halogens is 1. The molecular weight excluding hydrogens is 390 g/mol. The van der Waals surface area contributed by atoms with E-state index in [1.807, 2.05) is 27.7 Å². The van der Waals surface area contributed by atoms with Crippen LogP contribution in [0.2, 0.25) is 0 Å². The van der Waals surface area contributed by atoms with Crippen molar-refractivity contribution in [3.05, 3.63) is 24.0 Å². The highest BCUT2D eigenvalue weighted by atomic mass is 19.1. The van der Waals surface area contributed by atoms with Crippen molar-refractivity contribution in [2.75, 3.05) is 24.5 Å². The molecule has 0 unspecified atom stereocenters. The molecular formula is C21H30BFN2O5. The molecule has 164 valence electrons. The third kappa shape index (κ3) is 4.47. The van der Waals surface area contributed by atoms with Crippen molar-refractivity contribution in [2.24, 2.45) is 0 Å². The van der Waals surface area contributed by atoms with Gasteiger partial charge in [-0.15, -0.1) is 0 Å². The molecule has 0 spiro atoms. The van der Waals surface area contributed by atoms with Gasteiger partial charge in [-0.2, -0.15) is 0 Å². The molecule has 2 aliphatic rings. The lowest BCUT2D eigenvalue weighted by atomic mass is 9.79. The van der Waals surface area contributed by atoms with E-state index in [1.165, 1.54) is 15.9 Å². The molecule has 3 rings (SSSR count). The van der Waals surface area contributed by atoms with Gasteiger partial charge in [0.1, 0.15) is 18.0 Å². The molecule has 1 aromatic carbocycles. The second-order valence-corrected chi connectivity index (χ2v) is 9.75. The minimum absolute atomic E-state index is 0.159. The second kappa shape index (κ2) is 7.53. The van der Waals surface area contributed by atoms with Gasteiger partial charge in [-0.1, -0.05) is 6.07 Å². The van der Waals surface area contributed by atoms with E-state index >= 15 is 0 Å². The van der Waals surface area contributed by atoms with Crippen LogP contribution in [0.1, 0.15) is 48.5 Å². The second-order valence-electron chi connectivity index (χ2n) is 9.75. The SMILES string of the molecule is CC(C)(C)OC(=O)N1CCN(c2ccc(B3OC(C)(C)C(C)(C)O3)cc2F)C(=O)C1. The van der Waals surface area contributed by atoms with Crippen LogP contribution in [0.25, 0.3) is 0 Å². The number of rotatable bonds is 2. The first-order valence-electron chi connectivity index (χ1n) is 10.1. The molecule has 1 aromatic rings. The van der Waals surface area contributed by atoms with Gasteiger partial charge >= 0.3 is 13.2 Å². The van der Waals surface area contributed by atoms with E-state index in [2.05, 4.69) is 0 Å². The average Bonchev–Trinajstić information content (AvgIpc) is 2.81. The minimum atomic E-state index is -0.682. The summed E-state index contributed by atoms with van der Waals surface area (Å²) in [7, 11) is -0.682. The molecule has 2 heterocycles. The number of anilines is 1. The van der Waals surface area contributed by atoms with E-state index in [-0.39, 0.29) is 31.2 Å². The fourth-order valence-electron chi connectivity index (χ4n) is 3.28. The highest BCUT2D eigenvalue weighted by molar-refractivity contribution is 6.62. The maximum atomic E-state index is 14.9. The Morgan fingerprint density at radius 2 is 1.73 bits per heavy atom. The van der Waals surface area contributed by atoms with Gasteiger partial charge in [0.25, 0.3) is 0 Å². The third-order valence-corrected chi connectivity index (χ3v) is 5.66. The van der Waals surface area contributed by atoms with E-state index in [0.29, 0.717) is 5.46 Å². The lowest BCUT2D eigenvalue weighted by molar-refractivity contribution is -0.121. The standard InChI is InChI=1S/C21H30BFN2O5/c1-19(2,3)28-18(27)24-10-11-25(17(26)13-24)16-9-8-14(12-15(16)23)22-29-20(4,5)21(6,7)30-22/h8-9,12H,10-11,13H2,1-7H3. The normalized spacial score (nSPS) is 21.2. The predicted molar refractivity (Wildman–Crippen MR) is 112 cm³/mol. The van der Waals surface area contributed by atoms with E-state index < -0.39 is 35.8 Å². The van der Waals surface area contributed by atoms with Crippen LogP contribution in [0.15, 0.2) is 18.2 Å². The van der Waals surface area contributed by atoms with Crippen molar-refractivity contribution in [3.8, 4) is 0 Å². The Balaban J connectivity index is 1.71. The smallest absolute Gasteiger partial charge is 0.444 e. The van der Waals surface area contributed by atoms with Gasteiger partial charge in [-0.05, 0) is 66.1 Å². The summed E-state index contributed by atoms with van der Waals surface area (Å²) in [6.45, 7) is 13.3. The molecule has 2 fully saturated rings. The number of benzene rings is 1. The molecule has 0 radical (unpaired) electrons. The Hall–Kier alpha value is -2.13. The summed E-state index contributed by atoms with van der Waals surface area (Å²) in [6, 6.07) is 4.59. The number of hydrogen-bond acceptors (Lipinski definition) is 5. The first kappa shape index (κ1) is 22.6. The van der Waals surface area contributed by atoms with E-state index in [4.69, 9.17) is 14.0 Å². The minimum Gasteiger partial charge on any atom is -0.444 e. The maximum absolute atomic E-state index is 14.9. The van der Waals surface area contributed by atoms with Gasteiger partial charge in [-0.25, -0.2) is 9.18 Å². The molecule has 2 saturated heterocycles. The van der Waals surface area contributed by atoms with Crippen molar-refractivity contribution in [1.82, 2.24) is 4.90 Å². The highest BCUT2D eigenvalue weighted by Crippen LogP contribution is 2.36. The van der Waals surface area contributed by atoms with Gasteiger partial charge in [0.2, 0.25) is 5.91 Å². The fourth-order valence-corrected chi connectivity index (χ4v) is 3.28. The molecule has 0 atom stereocenters. The predicted octanol–water partition coefficient (Wildman–Crippen LogP) is 2.71. The molecule has 2 amide bonds. The van der Waals surface area contributed by atoms with Gasteiger partial charge in [0.05, 0.1) is 16.9 Å². The Morgan fingerprint density at radius 3 is 2.23 bits per heavy atom. The van der Waals surface area contributed by atoms with Crippen molar-refractivity contribution < 1.29 is 28.0 Å². The zero-order valence-electron chi connectivity index (χ0n) is 18.7. The van der Waals surface area contributed by atoms with Crippen LogP contribution >= 0.6 is 0 Å². The van der Waals surface area contributed by atoms with Crippen LogP contribution in [0, 0.1) is 5.82 Å². The van der Waals surface area contributed by atoms with Crippen molar-refractivity contribution >= 4 is 30.3 Å². The van der Waals surface area contributed by atoms with Crippen molar-refractivity contribution in [1.29, 1.82) is 0 Å². The molecule has 7 nitrogen and oxygen atoms in total. The molecule has 0 saturated carbocycles. The van der Waals surface area contributed by atoms with E-state index in [9.17, 15) is 14.0 Å². The number of carbonyl (C=O) groups is 2. The highest BCUT2D eigenvalue weighted by Gasteiger charge is 2.51. The lowest BCUT2D eigenvalue weighted by Crippen LogP contribution is -2.53. The molecule has 0 bridgehead atoms. The monoisotopic (exact) mass is 420 g/mol. The Morgan fingerprint density at radius 1 is 1.13 bits per heavy atom. The van der Waals surface area contributed by atoms with Crippen LogP contribution in [0.4, 0.5) is 14.9 Å². The third-order valence-electron chi connectivity index (χ3n) is 5.66. The topological polar surface area (TPSA) is 68.3 Å². The first-order chi connectivity index (χ1) is 13.7. The quantitative estimate of drug-likeness (QED) is 0.689. The van der Waals surface area contributed by atoms with E-state index in [0.717, 1.165) is 0 Å². The van der Waals surface area contributed by atoms with Crippen molar-refractivity contribution in [2.45, 2.75) is 65.3 Å². The van der Waals surface area contributed by atoms with Crippen LogP contribution in [-0.2, 0) is 18.8 Å². The molecule has 2 aliphatic heterocycles. The summed E-state index contributed by atoms with van der Waals surface area (Å²) in [4.78, 5) is 27.5. The summed E-state index contributed by atoms with van der Waals surface area (Å²) in [5.41, 5.74) is -0.979. The Bertz CT molecular complexity index is 836. The average molecular weight is 420 g/mol. The summed E-state index contributed by atoms with van der Waals surface area (Å²) in [5, 5.41) is 0. The number of ether oxygens (including phenoxy) is 1. The largest absolute Gasteiger partial charge is 0.494 e. The van der Waals surface area contributed by atoms with E-state index in [1.54, 1.807) is 32.9 Å². The van der Waals surface area contributed by atoms with Crippen molar-refractivity contribution in [3.63, 3.8) is 0 Å². The molecule has 0 N–H and O–H groups in total. The summed E-state index contributed by atoms with van der Waals surface area (Å²) >= 11 is 0. The lowest BCUT2D eigenvalue weighted by Gasteiger charge is -2.35. The summed E-state index contributed by atoms with van der Waals surface area (Å²) in [5.74, 6) is -0.907. The maximum Gasteiger partial charge on any atom is 0.494 e. The number of amides is 2. The van der Waals surface area contributed by atoms with Crippen LogP contribution in [0.3, 0.4) is 0 Å². The molecule has 0 aliphatic carbocycles. The zero-order chi connectivity index (χ0) is 22.5. The van der Waals surface area contributed by atoms with Crippen LogP contribution in [-0.4, -0.2) is 60.5 Å². The number of nitrogens with zero attached hydrogens (tertiary/aromatic N) is 2. The summed E-state index contributed by atoms with van der Waals surface area (Å²) in [6.07, 6.45) is -0.549. The Kier molecular flexibility index (Phi) is 5.66. The van der Waals surface area contributed by atoms with Gasteiger partial charge < -0.3 is 18.9 Å². The molecule has 0 aromatic heterocycles. The number of hydrogen-bond donors (Lipinski definition) is 0.